The molecule has 0 aliphatic heterocycles. The summed E-state index contributed by atoms with van der Waals surface area (Å²) in [4.78, 5) is 9.61. The number of aromatic carboxylic acids is 1. The van der Waals surface area contributed by atoms with Gasteiger partial charge in [-0.2, -0.15) is 8.42 Å². The van der Waals surface area contributed by atoms with E-state index < -0.39 is 38.0 Å². The summed E-state index contributed by atoms with van der Waals surface area (Å²) in [6.45, 7) is 0. The molecule has 0 amide bonds. The number of carboxylic acids is 1. The number of hydrogen-bond acceptors (Lipinski definition) is 5. The molecular weight excluding hydrogens is 226 g/mol. The maximum Gasteiger partial charge on any atom is 0.337 e. The van der Waals surface area contributed by atoms with Crippen LogP contribution in [0.1, 0.15) is 10.4 Å². The molecule has 0 bridgehead atoms. The average Bonchev–Trinajstić information content (AvgIpc) is 2.06. The normalized spacial score (nSPS) is 11.3. The molecule has 82 valence electrons. The van der Waals surface area contributed by atoms with Crippen LogP contribution in [0.25, 0.3) is 0 Å². The molecule has 1 aromatic carbocycles. The van der Waals surface area contributed by atoms with Crippen molar-refractivity contribution in [3.63, 3.8) is 0 Å². The summed E-state index contributed by atoms with van der Waals surface area (Å²) in [5.74, 6) is -2.19. The highest BCUT2D eigenvalue weighted by Crippen LogP contribution is 2.30. The van der Waals surface area contributed by atoms with E-state index in [-0.39, 0.29) is 0 Å². The van der Waals surface area contributed by atoms with Crippen LogP contribution in [0, 0.1) is 0 Å². The Hall–Kier alpha value is -1.80. The van der Waals surface area contributed by atoms with Gasteiger partial charge in [0.15, 0.2) is 0 Å². The first-order chi connectivity index (χ1) is 6.75. The Kier molecular flexibility index (Phi) is 2.56. The molecule has 0 radical (unpaired) electrons. The summed E-state index contributed by atoms with van der Waals surface area (Å²) in [7, 11) is -4.80. The van der Waals surface area contributed by atoms with Crippen molar-refractivity contribution in [2.24, 2.45) is 0 Å². The van der Waals surface area contributed by atoms with Gasteiger partial charge in [0.1, 0.15) is 10.6 Å². The van der Waals surface area contributed by atoms with E-state index in [1.807, 2.05) is 0 Å². The molecule has 0 aliphatic rings. The quantitative estimate of drug-likeness (QED) is 0.318. The van der Waals surface area contributed by atoms with E-state index in [1.54, 1.807) is 0 Å². The average molecular weight is 233 g/mol. The molecule has 5 N–H and O–H groups in total. The van der Waals surface area contributed by atoms with Crippen LogP contribution in [0.5, 0.6) is 5.75 Å². The lowest BCUT2D eigenvalue weighted by Crippen LogP contribution is -2.11. The van der Waals surface area contributed by atoms with E-state index >= 15 is 0 Å². The van der Waals surface area contributed by atoms with Crippen molar-refractivity contribution < 1.29 is 28.0 Å². The van der Waals surface area contributed by atoms with Gasteiger partial charge in [0, 0.05) is 0 Å². The van der Waals surface area contributed by atoms with Crippen molar-refractivity contribution in [2.45, 2.75) is 4.90 Å². The molecule has 0 aliphatic carbocycles. The van der Waals surface area contributed by atoms with Crippen molar-refractivity contribution in [2.75, 3.05) is 5.73 Å². The number of nitrogen functional groups attached to an aromatic ring is 1. The van der Waals surface area contributed by atoms with Gasteiger partial charge >= 0.3 is 5.97 Å². The Morgan fingerprint density at radius 1 is 1.33 bits per heavy atom. The summed E-state index contributed by atoms with van der Waals surface area (Å²) >= 11 is 0. The Morgan fingerprint density at radius 3 is 2.27 bits per heavy atom. The molecular formula is C7H7NO6S. The zero-order chi connectivity index (χ0) is 11.8. The minimum atomic E-state index is -4.80. The standard InChI is InChI=1S/C7H7NO6S/c8-5-4(9)2-1-3(7(10)11)6(5)15(12,13)14/h1-2,9H,8H2,(H,10,11)(H,12,13,14). The third-order valence-corrected chi connectivity index (χ3v) is 2.62. The number of nitrogens with two attached hydrogens (primary N) is 1. The first-order valence-corrected chi connectivity index (χ1v) is 5.01. The van der Waals surface area contributed by atoms with Gasteiger partial charge in [0.2, 0.25) is 0 Å². The molecule has 0 fully saturated rings. The lowest BCUT2D eigenvalue weighted by molar-refractivity contribution is 0.0692. The third-order valence-electron chi connectivity index (χ3n) is 1.66. The van der Waals surface area contributed by atoms with Gasteiger partial charge < -0.3 is 15.9 Å². The fourth-order valence-electron chi connectivity index (χ4n) is 1.04. The van der Waals surface area contributed by atoms with Crippen LogP contribution in [0.2, 0.25) is 0 Å². The summed E-state index contributed by atoms with van der Waals surface area (Å²) in [6.07, 6.45) is 0. The number of phenols is 1. The molecule has 1 rings (SSSR count). The van der Waals surface area contributed by atoms with Crippen LogP contribution in [0.15, 0.2) is 17.0 Å². The molecule has 0 spiro atoms. The second-order valence-electron chi connectivity index (χ2n) is 2.66. The lowest BCUT2D eigenvalue weighted by Gasteiger charge is -2.07. The smallest absolute Gasteiger partial charge is 0.337 e. The van der Waals surface area contributed by atoms with Gasteiger partial charge in [0.25, 0.3) is 10.1 Å². The number of anilines is 1. The van der Waals surface area contributed by atoms with Gasteiger partial charge in [-0.3, -0.25) is 4.55 Å². The van der Waals surface area contributed by atoms with E-state index in [0.717, 1.165) is 12.1 Å². The first kappa shape index (κ1) is 11.3. The van der Waals surface area contributed by atoms with E-state index in [0.29, 0.717) is 0 Å². The fraction of sp³-hybridized carbons (Fsp3) is 0. The molecule has 0 saturated carbocycles. The number of aromatic hydroxyl groups is 1. The van der Waals surface area contributed by atoms with Crippen LogP contribution in [-0.4, -0.2) is 29.2 Å². The second-order valence-corrected chi connectivity index (χ2v) is 4.01. The summed E-state index contributed by atoms with van der Waals surface area (Å²) in [5.41, 5.74) is 3.76. The van der Waals surface area contributed by atoms with E-state index in [9.17, 15) is 13.2 Å². The maximum absolute atomic E-state index is 10.8. The SMILES string of the molecule is Nc1c(O)ccc(C(=O)O)c1S(=O)(=O)O. The molecule has 8 heteroatoms. The molecule has 1 aromatic rings. The van der Waals surface area contributed by atoms with Gasteiger partial charge in [0.05, 0.1) is 11.3 Å². The van der Waals surface area contributed by atoms with Crippen LogP contribution < -0.4 is 5.73 Å². The van der Waals surface area contributed by atoms with Gasteiger partial charge in [-0.15, -0.1) is 0 Å². The Labute approximate surface area is 84.5 Å². The van der Waals surface area contributed by atoms with Gasteiger partial charge in [-0.1, -0.05) is 0 Å². The van der Waals surface area contributed by atoms with Crippen LogP contribution in [-0.2, 0) is 10.1 Å². The van der Waals surface area contributed by atoms with Crippen molar-refractivity contribution in [3.05, 3.63) is 17.7 Å². The van der Waals surface area contributed by atoms with Crippen molar-refractivity contribution >= 4 is 21.8 Å². The number of hydrogen-bond donors (Lipinski definition) is 4. The predicted molar refractivity (Wildman–Crippen MR) is 49.3 cm³/mol. The first-order valence-electron chi connectivity index (χ1n) is 3.57. The molecule has 15 heavy (non-hydrogen) atoms. The highest BCUT2D eigenvalue weighted by molar-refractivity contribution is 7.86. The predicted octanol–water partition coefficient (Wildman–Crippen LogP) is -0.0807. The highest BCUT2D eigenvalue weighted by Gasteiger charge is 2.25. The molecule has 0 unspecified atom stereocenters. The van der Waals surface area contributed by atoms with E-state index in [2.05, 4.69) is 0 Å². The maximum atomic E-state index is 10.8. The minimum Gasteiger partial charge on any atom is -0.506 e. The zero-order valence-corrected chi connectivity index (χ0v) is 8.02. The van der Waals surface area contributed by atoms with Gasteiger partial charge in [-0.05, 0) is 12.1 Å². The van der Waals surface area contributed by atoms with E-state index in [4.69, 9.17) is 20.5 Å². The van der Waals surface area contributed by atoms with Crippen molar-refractivity contribution in [1.82, 2.24) is 0 Å². The second kappa shape index (κ2) is 3.41. The minimum absolute atomic E-state index is 0.618. The number of carboxylic acid groups (broad SMARTS) is 1. The molecule has 0 aromatic heterocycles. The number of rotatable bonds is 2. The molecule has 7 nitrogen and oxygen atoms in total. The monoisotopic (exact) mass is 233 g/mol. The van der Waals surface area contributed by atoms with Crippen molar-refractivity contribution in [1.29, 1.82) is 0 Å². The summed E-state index contributed by atoms with van der Waals surface area (Å²) in [5, 5.41) is 17.7. The number of carbonyl (C=O) groups is 1. The van der Waals surface area contributed by atoms with Crippen LogP contribution in [0.4, 0.5) is 5.69 Å². The van der Waals surface area contributed by atoms with Crippen LogP contribution in [0.3, 0.4) is 0 Å². The number of benzene rings is 1. The largest absolute Gasteiger partial charge is 0.506 e. The molecule has 0 heterocycles. The Morgan fingerprint density at radius 2 is 1.87 bits per heavy atom. The summed E-state index contributed by atoms with van der Waals surface area (Å²) < 4.78 is 30.4. The molecule has 0 saturated heterocycles. The fourth-order valence-corrected chi connectivity index (χ4v) is 1.85. The third kappa shape index (κ3) is 2.00. The molecule has 0 atom stereocenters. The Balaban J connectivity index is 3.72. The van der Waals surface area contributed by atoms with E-state index in [1.165, 1.54) is 0 Å². The Bertz CT molecular complexity index is 521. The number of phenolic OH excluding ortho intramolecular Hbond substituents is 1. The van der Waals surface area contributed by atoms with Gasteiger partial charge in [-0.25, -0.2) is 4.79 Å². The topological polar surface area (TPSA) is 138 Å². The van der Waals surface area contributed by atoms with Crippen LogP contribution >= 0.6 is 0 Å². The lowest BCUT2D eigenvalue weighted by atomic mass is 10.2. The summed E-state index contributed by atoms with van der Waals surface area (Å²) in [6, 6.07) is 1.75. The van der Waals surface area contributed by atoms with Crippen molar-refractivity contribution in [3.8, 4) is 5.75 Å². The zero-order valence-electron chi connectivity index (χ0n) is 7.21. The highest BCUT2D eigenvalue weighted by atomic mass is 32.2.